The highest BCUT2D eigenvalue weighted by atomic mass is 16.6. The van der Waals surface area contributed by atoms with Crippen LogP contribution in [0.2, 0.25) is 0 Å². The fourth-order valence-electron chi connectivity index (χ4n) is 2.16. The normalized spacial score (nSPS) is 18.8. The highest BCUT2D eigenvalue weighted by molar-refractivity contribution is 5.94. The van der Waals surface area contributed by atoms with Gasteiger partial charge in [0.05, 0.1) is 4.92 Å². The lowest BCUT2D eigenvalue weighted by Crippen LogP contribution is -2.38. The summed E-state index contributed by atoms with van der Waals surface area (Å²) in [6.07, 6.45) is 1.95. The van der Waals surface area contributed by atoms with Crippen molar-refractivity contribution in [2.24, 2.45) is 5.73 Å². The predicted molar refractivity (Wildman–Crippen MR) is 71.1 cm³/mol. The van der Waals surface area contributed by atoms with E-state index in [1.54, 1.807) is 0 Å². The number of nitrogens with two attached hydrogens (primary N) is 1. The highest BCUT2D eigenvalue weighted by Gasteiger charge is 2.20. The molecule has 1 heterocycles. The average Bonchev–Trinajstić information content (AvgIpc) is 2.39. The van der Waals surface area contributed by atoms with E-state index in [-0.39, 0.29) is 17.3 Å². The number of piperidine rings is 1. The van der Waals surface area contributed by atoms with Crippen LogP contribution in [-0.2, 0) is 0 Å². The third-order valence-corrected chi connectivity index (χ3v) is 3.13. The van der Waals surface area contributed by atoms with Crippen molar-refractivity contribution >= 4 is 17.3 Å². The summed E-state index contributed by atoms with van der Waals surface area (Å²) in [5.41, 5.74) is 5.75. The molecule has 7 heteroatoms. The number of nitro benzene ring substituents is 1. The van der Waals surface area contributed by atoms with Gasteiger partial charge in [-0.05, 0) is 31.5 Å². The second-order valence-corrected chi connectivity index (χ2v) is 4.54. The van der Waals surface area contributed by atoms with Gasteiger partial charge in [0.25, 0.3) is 5.69 Å². The van der Waals surface area contributed by atoms with E-state index in [4.69, 9.17) is 5.73 Å². The van der Waals surface area contributed by atoms with Gasteiger partial charge in [0.2, 0.25) is 5.91 Å². The number of amides is 1. The summed E-state index contributed by atoms with van der Waals surface area (Å²) in [5.74, 6) is -0.597. The minimum absolute atomic E-state index is 0.0458. The maximum absolute atomic E-state index is 11.1. The van der Waals surface area contributed by atoms with Gasteiger partial charge in [0.1, 0.15) is 5.69 Å². The van der Waals surface area contributed by atoms with Crippen molar-refractivity contribution in [2.45, 2.75) is 18.9 Å². The monoisotopic (exact) mass is 264 g/mol. The van der Waals surface area contributed by atoms with Gasteiger partial charge in [0.15, 0.2) is 0 Å². The largest absolute Gasteiger partial charge is 0.375 e. The van der Waals surface area contributed by atoms with Crippen LogP contribution in [0.3, 0.4) is 0 Å². The smallest absolute Gasteiger partial charge is 0.292 e. The van der Waals surface area contributed by atoms with Gasteiger partial charge in [0, 0.05) is 24.2 Å². The van der Waals surface area contributed by atoms with Gasteiger partial charge in [-0.2, -0.15) is 0 Å². The molecule has 0 bridgehead atoms. The molecule has 4 N–H and O–H groups in total. The third kappa shape index (κ3) is 3.19. The van der Waals surface area contributed by atoms with Crippen molar-refractivity contribution in [3.63, 3.8) is 0 Å². The van der Waals surface area contributed by atoms with E-state index in [0.29, 0.717) is 5.69 Å². The first-order valence-electron chi connectivity index (χ1n) is 6.13. The Labute approximate surface area is 110 Å². The van der Waals surface area contributed by atoms with Crippen LogP contribution in [-0.4, -0.2) is 30.0 Å². The number of carbonyl (C=O) groups is 1. The molecule has 0 aliphatic carbocycles. The zero-order valence-corrected chi connectivity index (χ0v) is 10.4. The maximum atomic E-state index is 11.1. The Hall–Kier alpha value is -2.15. The van der Waals surface area contributed by atoms with E-state index in [1.165, 1.54) is 18.2 Å². The average molecular weight is 264 g/mol. The van der Waals surface area contributed by atoms with E-state index in [2.05, 4.69) is 10.6 Å². The fraction of sp³-hybridized carbons (Fsp3) is 0.417. The Morgan fingerprint density at radius 1 is 1.53 bits per heavy atom. The van der Waals surface area contributed by atoms with Crippen LogP contribution >= 0.6 is 0 Å². The van der Waals surface area contributed by atoms with Crippen LogP contribution < -0.4 is 16.4 Å². The van der Waals surface area contributed by atoms with E-state index in [1.807, 2.05) is 0 Å². The van der Waals surface area contributed by atoms with Crippen LogP contribution in [0.5, 0.6) is 0 Å². The van der Waals surface area contributed by atoms with Crippen molar-refractivity contribution in [3.8, 4) is 0 Å². The highest BCUT2D eigenvalue weighted by Crippen LogP contribution is 2.26. The molecule has 7 nitrogen and oxygen atoms in total. The van der Waals surface area contributed by atoms with Gasteiger partial charge in [-0.25, -0.2) is 0 Å². The number of rotatable bonds is 4. The van der Waals surface area contributed by atoms with Crippen LogP contribution in [0.4, 0.5) is 11.4 Å². The predicted octanol–water partition coefficient (Wildman–Crippen LogP) is 0.858. The summed E-state index contributed by atoms with van der Waals surface area (Å²) in [4.78, 5) is 21.6. The second kappa shape index (κ2) is 5.66. The molecule has 1 atom stereocenters. The topological polar surface area (TPSA) is 110 Å². The summed E-state index contributed by atoms with van der Waals surface area (Å²) in [7, 11) is 0. The summed E-state index contributed by atoms with van der Waals surface area (Å²) < 4.78 is 0. The quantitative estimate of drug-likeness (QED) is 0.551. The van der Waals surface area contributed by atoms with Crippen molar-refractivity contribution in [1.29, 1.82) is 0 Å². The molecule has 0 saturated carbocycles. The number of nitrogens with zero attached hydrogens (tertiary/aromatic N) is 1. The Balaban J connectivity index is 2.26. The van der Waals surface area contributed by atoms with E-state index >= 15 is 0 Å². The van der Waals surface area contributed by atoms with E-state index in [9.17, 15) is 14.9 Å². The molecular weight excluding hydrogens is 248 g/mol. The Kier molecular flexibility index (Phi) is 3.96. The Morgan fingerprint density at radius 3 is 2.89 bits per heavy atom. The lowest BCUT2D eigenvalue weighted by atomic mass is 10.1. The first kappa shape index (κ1) is 13.3. The van der Waals surface area contributed by atoms with Crippen molar-refractivity contribution in [1.82, 2.24) is 5.32 Å². The Morgan fingerprint density at radius 2 is 2.32 bits per heavy atom. The zero-order valence-electron chi connectivity index (χ0n) is 10.4. The Bertz CT molecular complexity index is 498. The SMILES string of the molecule is NC(=O)c1ccc([N+](=O)[O-])c(NC2CCCNC2)c1. The molecule has 0 aromatic heterocycles. The number of nitro groups is 1. The molecule has 2 rings (SSSR count). The van der Waals surface area contributed by atoms with Gasteiger partial charge in [-0.1, -0.05) is 0 Å². The molecule has 1 aliphatic rings. The number of nitrogens with one attached hydrogen (secondary N) is 2. The lowest BCUT2D eigenvalue weighted by Gasteiger charge is -2.24. The molecule has 1 saturated heterocycles. The van der Waals surface area contributed by atoms with Crippen molar-refractivity contribution in [2.75, 3.05) is 18.4 Å². The first-order valence-corrected chi connectivity index (χ1v) is 6.13. The molecule has 19 heavy (non-hydrogen) atoms. The van der Waals surface area contributed by atoms with Gasteiger partial charge in [-0.15, -0.1) is 0 Å². The van der Waals surface area contributed by atoms with Crippen LogP contribution in [0.1, 0.15) is 23.2 Å². The molecular formula is C12H16N4O3. The number of carbonyl (C=O) groups excluding carboxylic acids is 1. The zero-order chi connectivity index (χ0) is 13.8. The first-order chi connectivity index (χ1) is 9.08. The minimum Gasteiger partial charge on any atom is -0.375 e. The van der Waals surface area contributed by atoms with Gasteiger partial charge >= 0.3 is 0 Å². The minimum atomic E-state index is -0.597. The molecule has 1 fully saturated rings. The second-order valence-electron chi connectivity index (χ2n) is 4.54. The van der Waals surface area contributed by atoms with Crippen LogP contribution in [0, 0.1) is 10.1 Å². The fourth-order valence-corrected chi connectivity index (χ4v) is 2.16. The van der Waals surface area contributed by atoms with E-state index < -0.39 is 10.8 Å². The number of primary amides is 1. The summed E-state index contributed by atoms with van der Waals surface area (Å²) in [6.45, 7) is 1.71. The summed E-state index contributed by atoms with van der Waals surface area (Å²) in [6, 6.07) is 4.23. The number of anilines is 1. The standard InChI is InChI=1S/C12H16N4O3/c13-12(17)8-3-4-11(16(18)19)10(6-8)15-9-2-1-5-14-7-9/h3-4,6,9,14-15H,1-2,5,7H2,(H2,13,17). The molecule has 1 unspecified atom stereocenters. The van der Waals surface area contributed by atoms with Crippen LogP contribution in [0.15, 0.2) is 18.2 Å². The molecule has 1 aliphatic heterocycles. The molecule has 0 radical (unpaired) electrons. The van der Waals surface area contributed by atoms with Crippen molar-refractivity contribution < 1.29 is 9.72 Å². The van der Waals surface area contributed by atoms with E-state index in [0.717, 1.165) is 25.9 Å². The lowest BCUT2D eigenvalue weighted by molar-refractivity contribution is -0.384. The third-order valence-electron chi connectivity index (χ3n) is 3.13. The van der Waals surface area contributed by atoms with Gasteiger partial charge in [-0.3, -0.25) is 14.9 Å². The molecule has 0 spiro atoms. The van der Waals surface area contributed by atoms with Crippen LogP contribution in [0.25, 0.3) is 0 Å². The molecule has 1 aromatic carbocycles. The maximum Gasteiger partial charge on any atom is 0.292 e. The molecule has 1 aromatic rings. The van der Waals surface area contributed by atoms with Crippen molar-refractivity contribution in [3.05, 3.63) is 33.9 Å². The number of benzene rings is 1. The number of hydrogen-bond acceptors (Lipinski definition) is 5. The summed E-state index contributed by atoms with van der Waals surface area (Å²) >= 11 is 0. The molecule has 1 amide bonds. The molecule has 102 valence electrons. The van der Waals surface area contributed by atoms with Gasteiger partial charge < -0.3 is 16.4 Å². The number of hydrogen-bond donors (Lipinski definition) is 3. The summed E-state index contributed by atoms with van der Waals surface area (Å²) in [5, 5.41) is 17.3.